The van der Waals surface area contributed by atoms with Crippen molar-refractivity contribution in [3.8, 4) is 0 Å². The molecule has 1 aliphatic heterocycles. The van der Waals surface area contributed by atoms with Gasteiger partial charge in [-0.1, -0.05) is 28.1 Å². The maximum Gasteiger partial charge on any atom is 0.236 e. The lowest BCUT2D eigenvalue weighted by Gasteiger charge is -2.37. The number of piperidine rings is 1. The highest BCUT2D eigenvalue weighted by Gasteiger charge is 2.31. The number of hydrogen-bond donors (Lipinski definition) is 0. The second kappa shape index (κ2) is 4.47. The molecule has 0 N–H and O–H groups in total. The lowest BCUT2D eigenvalue weighted by molar-refractivity contribution is -0.135. The van der Waals surface area contributed by atoms with E-state index >= 15 is 0 Å². The summed E-state index contributed by atoms with van der Waals surface area (Å²) in [4.78, 5) is 14.0. The van der Waals surface area contributed by atoms with Crippen LogP contribution in [-0.2, 0) is 4.79 Å². The van der Waals surface area contributed by atoms with Crippen LogP contribution in [0.2, 0.25) is 0 Å². The molecule has 2 nitrogen and oxygen atoms in total. The Labute approximate surface area is 93.5 Å². The van der Waals surface area contributed by atoms with E-state index in [1.807, 2.05) is 0 Å². The first kappa shape index (κ1) is 10.2. The van der Waals surface area contributed by atoms with Gasteiger partial charge in [-0.25, -0.2) is 0 Å². The molecule has 1 amide bonds. The zero-order chi connectivity index (χ0) is 9.97. The van der Waals surface area contributed by atoms with E-state index in [1.165, 1.54) is 0 Å². The van der Waals surface area contributed by atoms with E-state index in [0.29, 0.717) is 11.9 Å². The molecular formula is C11H16BrNO. The summed E-state index contributed by atoms with van der Waals surface area (Å²) in [5.74, 6) is 0.302. The van der Waals surface area contributed by atoms with Crippen LogP contribution < -0.4 is 0 Å². The fraction of sp³-hybridized carbons (Fsp3) is 0.727. The molecule has 0 spiro atoms. The van der Waals surface area contributed by atoms with Gasteiger partial charge in [-0.3, -0.25) is 4.79 Å². The molecule has 1 saturated heterocycles. The molecule has 0 aromatic rings. The highest BCUT2D eigenvalue weighted by molar-refractivity contribution is 9.10. The normalized spacial score (nSPS) is 33.5. The first-order valence-corrected chi connectivity index (χ1v) is 6.30. The number of hydrogen-bond acceptors (Lipinski definition) is 1. The van der Waals surface area contributed by atoms with Crippen LogP contribution in [-0.4, -0.2) is 28.2 Å². The second-order valence-electron chi connectivity index (χ2n) is 4.08. The van der Waals surface area contributed by atoms with Gasteiger partial charge in [-0.2, -0.15) is 0 Å². The predicted octanol–water partition coefficient (Wildman–Crippen LogP) is 2.48. The van der Waals surface area contributed by atoms with Crippen LogP contribution in [0.5, 0.6) is 0 Å². The van der Waals surface area contributed by atoms with E-state index in [9.17, 15) is 4.79 Å². The Morgan fingerprint density at radius 2 is 2.21 bits per heavy atom. The van der Waals surface area contributed by atoms with Gasteiger partial charge in [0.1, 0.15) is 0 Å². The quantitative estimate of drug-likeness (QED) is 0.522. The fourth-order valence-corrected chi connectivity index (χ4v) is 2.86. The number of nitrogens with zero attached hydrogens (tertiary/aromatic N) is 1. The maximum absolute atomic E-state index is 11.9. The number of halogens is 1. The lowest BCUT2D eigenvalue weighted by Crippen LogP contribution is -2.47. The summed E-state index contributed by atoms with van der Waals surface area (Å²) in [6, 6.07) is 0.466. The molecule has 2 rings (SSSR count). The number of rotatable bonds is 1. The van der Waals surface area contributed by atoms with Gasteiger partial charge in [0.2, 0.25) is 5.91 Å². The van der Waals surface area contributed by atoms with Gasteiger partial charge in [0.25, 0.3) is 0 Å². The van der Waals surface area contributed by atoms with Crippen molar-refractivity contribution < 1.29 is 4.79 Å². The minimum absolute atomic E-state index is 0.0714. The number of alkyl halides is 1. The monoisotopic (exact) mass is 257 g/mol. The van der Waals surface area contributed by atoms with Gasteiger partial charge >= 0.3 is 0 Å². The predicted molar refractivity (Wildman–Crippen MR) is 60.4 cm³/mol. The van der Waals surface area contributed by atoms with Crippen molar-refractivity contribution in [3.63, 3.8) is 0 Å². The molecule has 0 saturated carbocycles. The van der Waals surface area contributed by atoms with Crippen molar-refractivity contribution in [1.29, 1.82) is 0 Å². The molecular weight excluding hydrogens is 242 g/mol. The summed E-state index contributed by atoms with van der Waals surface area (Å²) in [6.07, 6.45) is 9.88. The molecule has 0 radical (unpaired) electrons. The van der Waals surface area contributed by atoms with E-state index in [1.54, 1.807) is 0 Å². The molecule has 14 heavy (non-hydrogen) atoms. The Morgan fingerprint density at radius 1 is 1.36 bits per heavy atom. The molecule has 1 aliphatic carbocycles. The molecule has 2 unspecified atom stereocenters. The summed E-state index contributed by atoms with van der Waals surface area (Å²) in [5.41, 5.74) is 0. The first-order chi connectivity index (χ1) is 6.79. The summed E-state index contributed by atoms with van der Waals surface area (Å²) in [5, 5.41) is 0. The zero-order valence-corrected chi connectivity index (χ0v) is 9.87. The Bertz CT molecular complexity index is 252. The number of amides is 1. The zero-order valence-electron chi connectivity index (χ0n) is 8.29. The highest BCUT2D eigenvalue weighted by atomic mass is 79.9. The Kier molecular flexibility index (Phi) is 3.26. The van der Waals surface area contributed by atoms with Crippen LogP contribution >= 0.6 is 15.9 Å². The van der Waals surface area contributed by atoms with Crippen LogP contribution in [0.1, 0.15) is 32.1 Å². The topological polar surface area (TPSA) is 20.3 Å². The van der Waals surface area contributed by atoms with Gasteiger partial charge in [-0.15, -0.1) is 0 Å². The van der Waals surface area contributed by atoms with Gasteiger partial charge in [0.05, 0.1) is 4.83 Å². The molecule has 2 atom stereocenters. The second-order valence-corrected chi connectivity index (χ2v) is 5.18. The van der Waals surface area contributed by atoms with Crippen molar-refractivity contribution in [1.82, 2.24) is 4.90 Å². The van der Waals surface area contributed by atoms with Crippen molar-refractivity contribution in [3.05, 3.63) is 12.2 Å². The largest absolute Gasteiger partial charge is 0.338 e. The lowest BCUT2D eigenvalue weighted by atomic mass is 9.97. The first-order valence-electron chi connectivity index (χ1n) is 5.38. The Hall–Kier alpha value is -0.310. The fourth-order valence-electron chi connectivity index (χ4n) is 2.28. The molecule has 0 aromatic heterocycles. The summed E-state index contributed by atoms with van der Waals surface area (Å²) in [7, 11) is 0. The number of likely N-dealkylation sites (tertiary alicyclic amines) is 1. The van der Waals surface area contributed by atoms with Crippen LogP contribution in [0.4, 0.5) is 0 Å². The van der Waals surface area contributed by atoms with Gasteiger partial charge in [0.15, 0.2) is 0 Å². The van der Waals surface area contributed by atoms with E-state index in [2.05, 4.69) is 33.0 Å². The van der Waals surface area contributed by atoms with Crippen LogP contribution in [0.25, 0.3) is 0 Å². The average Bonchev–Trinajstić information content (AvgIpc) is 2.23. The molecule has 3 heteroatoms. The van der Waals surface area contributed by atoms with E-state index < -0.39 is 0 Å². The van der Waals surface area contributed by atoms with Crippen molar-refractivity contribution in [2.24, 2.45) is 0 Å². The Morgan fingerprint density at radius 3 is 2.93 bits per heavy atom. The van der Waals surface area contributed by atoms with Gasteiger partial charge < -0.3 is 4.90 Å². The molecule has 0 aromatic carbocycles. The smallest absolute Gasteiger partial charge is 0.236 e. The van der Waals surface area contributed by atoms with Crippen molar-refractivity contribution in [2.75, 3.05) is 6.54 Å². The van der Waals surface area contributed by atoms with Gasteiger partial charge in [0, 0.05) is 12.6 Å². The molecule has 1 fully saturated rings. The summed E-state index contributed by atoms with van der Waals surface area (Å²) < 4.78 is 0. The van der Waals surface area contributed by atoms with Crippen molar-refractivity contribution in [2.45, 2.75) is 43.0 Å². The molecule has 1 heterocycles. The standard InChI is InChI=1S/C11H16BrNO/c12-10-7-4-8-13(11(10)14)9-5-2-1-3-6-9/h1-2,9-10H,3-8H2. The number of allylic oxidation sites excluding steroid dienone is 1. The van der Waals surface area contributed by atoms with Crippen LogP contribution in [0.3, 0.4) is 0 Å². The Balaban J connectivity index is 2.01. The number of carbonyl (C=O) groups is 1. The van der Waals surface area contributed by atoms with E-state index in [-0.39, 0.29) is 4.83 Å². The SMILES string of the molecule is O=C1C(Br)CCCN1C1CC=CCC1. The minimum atomic E-state index is 0.0714. The highest BCUT2D eigenvalue weighted by Crippen LogP contribution is 2.25. The maximum atomic E-state index is 11.9. The average molecular weight is 258 g/mol. The summed E-state index contributed by atoms with van der Waals surface area (Å²) >= 11 is 3.45. The molecule has 78 valence electrons. The summed E-state index contributed by atoms with van der Waals surface area (Å²) in [6.45, 7) is 0.958. The number of carbonyl (C=O) groups excluding carboxylic acids is 1. The van der Waals surface area contributed by atoms with Gasteiger partial charge in [-0.05, 0) is 32.1 Å². The third-order valence-electron chi connectivity index (χ3n) is 3.09. The van der Waals surface area contributed by atoms with Crippen molar-refractivity contribution >= 4 is 21.8 Å². The molecule has 0 bridgehead atoms. The minimum Gasteiger partial charge on any atom is -0.338 e. The third kappa shape index (κ3) is 2.02. The van der Waals surface area contributed by atoms with Crippen LogP contribution in [0.15, 0.2) is 12.2 Å². The van der Waals surface area contributed by atoms with E-state index in [0.717, 1.165) is 38.6 Å². The van der Waals surface area contributed by atoms with Crippen LogP contribution in [0, 0.1) is 0 Å². The molecule has 2 aliphatic rings. The third-order valence-corrected chi connectivity index (χ3v) is 3.94. The van der Waals surface area contributed by atoms with E-state index in [4.69, 9.17) is 0 Å².